The molecule has 8 heterocycles. The van der Waals surface area contributed by atoms with Crippen LogP contribution in [0.1, 0.15) is 104 Å². The maximum absolute atomic E-state index is 16.8. The maximum atomic E-state index is 16.8. The number of methoxy groups -OCH3 is 2. The first-order chi connectivity index (χ1) is 45.6. The molecule has 2 atom stereocenters. The number of pyridine rings is 2. The number of fused-ring (bicyclic) bond motifs is 4. The van der Waals surface area contributed by atoms with E-state index in [0.29, 0.717) is 65.7 Å². The number of carbonyl (C=O) groups is 2. The van der Waals surface area contributed by atoms with E-state index >= 15 is 13.2 Å². The van der Waals surface area contributed by atoms with Gasteiger partial charge in [-0.2, -0.15) is 9.97 Å². The minimum atomic E-state index is -5.36. The minimum absolute atomic E-state index is 0. The van der Waals surface area contributed by atoms with Gasteiger partial charge in [0, 0.05) is 57.2 Å². The fourth-order valence-corrected chi connectivity index (χ4v) is 12.5. The van der Waals surface area contributed by atoms with Crippen molar-refractivity contribution < 1.29 is 120 Å². The predicted molar refractivity (Wildman–Crippen MR) is 355 cm³/mol. The number of anilines is 2. The van der Waals surface area contributed by atoms with E-state index < -0.39 is 82.3 Å². The molecule has 4 aromatic heterocycles. The van der Waals surface area contributed by atoms with Crippen LogP contribution in [0, 0.1) is 37.1 Å². The number of carbonyl (C=O) groups excluding carboxylic acids is 2. The molecule has 0 saturated carbocycles. The number of halogens is 8. The Kier molecular flexibility index (Phi) is 22.2. The minimum Gasteiger partial charge on any atom is -0.500 e. The molecule has 4 aliphatic heterocycles. The molecule has 516 valence electrons. The molecule has 2 amide bonds. The van der Waals surface area contributed by atoms with Crippen LogP contribution < -0.4 is 97.0 Å². The Labute approximate surface area is 608 Å². The molecule has 0 spiro atoms. The van der Waals surface area contributed by atoms with Gasteiger partial charge in [0.15, 0.2) is 23.1 Å². The number of piperazine rings is 2. The number of ether oxygens (including phenoxy) is 6. The van der Waals surface area contributed by atoms with Gasteiger partial charge in [-0.3, -0.25) is 19.1 Å². The summed E-state index contributed by atoms with van der Waals surface area (Å²) in [6, 6.07) is 12.9. The van der Waals surface area contributed by atoms with Gasteiger partial charge in [-0.05, 0) is 132 Å². The number of benzene rings is 4. The monoisotopic (exact) mass is 1410 g/mol. The number of nitrogens with zero attached hydrogens (tertiary/aromatic N) is 10. The number of aromatic nitrogens is 6. The Morgan fingerprint density at radius 2 is 1.05 bits per heavy atom. The molecule has 0 N–H and O–H groups in total. The smallest absolute Gasteiger partial charge is 0.500 e. The fraction of sp³-hybridized carbons (Fsp3) is 0.412. The fourth-order valence-electron chi connectivity index (χ4n) is 12.3. The van der Waals surface area contributed by atoms with Crippen molar-refractivity contribution in [2.24, 2.45) is 0 Å². The second-order valence-electron chi connectivity index (χ2n) is 26.4. The van der Waals surface area contributed by atoms with E-state index in [1.54, 1.807) is 55.1 Å². The molecule has 20 nitrogen and oxygen atoms in total. The van der Waals surface area contributed by atoms with E-state index in [1.807, 2.05) is 78.2 Å². The van der Waals surface area contributed by atoms with Crippen molar-refractivity contribution in [3.8, 4) is 45.5 Å². The second kappa shape index (κ2) is 29.2. The Hall–Kier alpha value is -7.70. The molecule has 0 aliphatic carbocycles. The summed E-state index contributed by atoms with van der Waals surface area (Å²) >= 11 is 6.34. The van der Waals surface area contributed by atoms with E-state index in [2.05, 4.69) is 24.7 Å². The topological polar surface area (TPSA) is 198 Å². The van der Waals surface area contributed by atoms with Gasteiger partial charge < -0.3 is 61.0 Å². The average molecular weight is 1410 g/mol. The van der Waals surface area contributed by atoms with Gasteiger partial charge >= 0.3 is 81.9 Å². The molecule has 30 heteroatoms. The van der Waals surface area contributed by atoms with Crippen molar-refractivity contribution in [2.45, 2.75) is 118 Å². The van der Waals surface area contributed by atoms with E-state index in [1.165, 1.54) is 46.6 Å². The summed E-state index contributed by atoms with van der Waals surface area (Å²) in [6.07, 6.45) is 2.47. The molecule has 0 radical (unpaired) electrons. The predicted octanol–water partition coefficient (Wildman–Crippen LogP) is 9.70. The van der Waals surface area contributed by atoms with Crippen LogP contribution >= 0.6 is 11.6 Å². The zero-order chi connectivity index (χ0) is 70.7. The summed E-state index contributed by atoms with van der Waals surface area (Å²) in [6.45, 7) is 18.9. The average Bonchev–Trinajstić information content (AvgIpc) is 1.23. The van der Waals surface area contributed by atoms with Crippen LogP contribution in [0.4, 0.5) is 51.7 Å². The third-order valence-electron chi connectivity index (χ3n) is 16.6. The van der Waals surface area contributed by atoms with Gasteiger partial charge in [-0.1, -0.05) is 51.4 Å². The van der Waals surface area contributed by atoms with Gasteiger partial charge in [-0.25, -0.2) is 36.7 Å². The van der Waals surface area contributed by atoms with Crippen LogP contribution in [-0.2, 0) is 9.47 Å². The first-order valence-corrected chi connectivity index (χ1v) is 31.8. The molecule has 8 aromatic rings. The van der Waals surface area contributed by atoms with Crippen molar-refractivity contribution in [1.82, 2.24) is 38.9 Å². The number of aryl methyl sites for hydroxylation is 2. The first-order valence-electron chi connectivity index (χ1n) is 31.4. The SMILES string of the molecule is COc1cccc(F)c1-c1cc2c3c(nc(=O)n2-c2c(C)ccnc2C(C)C)N2CCN(C(=O)OC(C)(C)C)C[C@@H]2COc3c1F.COc1cccc(F)c1[B-](F)(F)F.Cc1ccnc(C(C)C)c1-n1c(=O)nc2c3c(c(F)c(Cl)cc31)OC[C@H]1CN(C(=O)OC(C)(C)C)CCN21.[K+]. The van der Waals surface area contributed by atoms with Gasteiger partial charge in [-0.15, -0.1) is 0 Å². The Morgan fingerprint density at radius 1 is 0.622 bits per heavy atom. The molecule has 0 unspecified atom stereocenters. The second-order valence-corrected chi connectivity index (χ2v) is 26.8. The van der Waals surface area contributed by atoms with Crippen molar-refractivity contribution in [3.05, 3.63) is 145 Å². The molecular formula is C68H74BClF7KN10O10. The van der Waals surface area contributed by atoms with Gasteiger partial charge in [0.05, 0.1) is 93.0 Å². The zero-order valence-electron chi connectivity index (χ0n) is 57.1. The number of rotatable bonds is 8. The summed E-state index contributed by atoms with van der Waals surface area (Å²) < 4.78 is 133. The van der Waals surface area contributed by atoms with Crippen LogP contribution in [0.2, 0.25) is 5.02 Å². The number of hydrogen-bond acceptors (Lipinski definition) is 16. The summed E-state index contributed by atoms with van der Waals surface area (Å²) in [4.78, 5) is 78.7. The molecule has 4 aliphatic rings. The van der Waals surface area contributed by atoms with Crippen LogP contribution in [0.15, 0.2) is 82.6 Å². The standard InChI is InChI=1S/C34H37F2N5O5.C27H31ClFN5O4.C7H6BF4O.K/c1-18(2)28-29(19(3)11-12-37-28)41-23-15-21(25-22(35)9-8-10-24(25)44-7)27(36)30-26(23)31(38-32(41)42)40-14-13-39(16-20(40)17-45-30)33(43)46-34(4,5)6;1-14(2)21-22(15(3)7-8-30-21)34-18-11-17(28)20(29)23-19(18)24(31-25(34)35)33-10-9-32(12-16(33)13-37-23)26(36)38-27(4,5)6;1-13-6-4-2-3-5(9)7(6)8(10,11)12;/h8-12,15,18,20H,13-14,16-17H2,1-7H3;7-8,11,14,16H,9-10,12-13H2,1-6H3;2-4H,1H3;/q;;-1;+1/t20-;16-;;/m11../s1. The molecule has 4 aromatic carbocycles. The third-order valence-corrected chi connectivity index (χ3v) is 16.9. The van der Waals surface area contributed by atoms with Crippen molar-refractivity contribution >= 4 is 69.7 Å². The van der Waals surface area contributed by atoms with Gasteiger partial charge in [0.2, 0.25) is 0 Å². The molecule has 12 rings (SSSR count). The molecule has 2 saturated heterocycles. The number of amides is 2. The van der Waals surface area contributed by atoms with Gasteiger partial charge in [0.1, 0.15) is 47.6 Å². The molecular weight excluding hydrogens is 1340 g/mol. The Balaban J connectivity index is 0.000000194. The zero-order valence-corrected chi connectivity index (χ0v) is 60.9. The van der Waals surface area contributed by atoms with Crippen LogP contribution in [0.3, 0.4) is 0 Å². The van der Waals surface area contributed by atoms with Gasteiger partial charge in [0.25, 0.3) is 0 Å². The summed E-state index contributed by atoms with van der Waals surface area (Å²) in [5.74, 6) is -3.64. The number of hydrogen-bond donors (Lipinski definition) is 0. The summed E-state index contributed by atoms with van der Waals surface area (Å²) in [5.41, 5.74) is 0.702. The Bertz CT molecular complexity index is 4530. The third kappa shape index (κ3) is 14.9. The summed E-state index contributed by atoms with van der Waals surface area (Å²) in [5, 5.41) is 0.459. The molecule has 0 bridgehead atoms. The first kappa shape index (κ1) is 74.5. The van der Waals surface area contributed by atoms with Crippen LogP contribution in [0.5, 0.6) is 23.0 Å². The quantitative estimate of drug-likeness (QED) is 0.103. The van der Waals surface area contributed by atoms with E-state index in [4.69, 9.17) is 35.3 Å². The largest absolute Gasteiger partial charge is 1.00 e. The molecule has 2 fully saturated rings. The van der Waals surface area contributed by atoms with Crippen LogP contribution in [0.25, 0.3) is 44.3 Å². The van der Waals surface area contributed by atoms with Crippen LogP contribution in [-0.4, -0.2) is 148 Å². The van der Waals surface area contributed by atoms with Crippen molar-refractivity contribution in [2.75, 3.05) is 76.5 Å². The maximum Gasteiger partial charge on any atom is 1.00 e. The Morgan fingerprint density at radius 3 is 1.47 bits per heavy atom. The van der Waals surface area contributed by atoms with E-state index in [9.17, 15) is 36.5 Å². The van der Waals surface area contributed by atoms with Crippen molar-refractivity contribution in [3.63, 3.8) is 0 Å². The molecule has 98 heavy (non-hydrogen) atoms. The summed E-state index contributed by atoms with van der Waals surface area (Å²) in [7, 11) is 2.45. The van der Waals surface area contributed by atoms with E-state index in [0.717, 1.165) is 30.4 Å². The normalized spacial score (nSPS) is 15.9. The van der Waals surface area contributed by atoms with Crippen molar-refractivity contribution in [1.29, 1.82) is 0 Å². The van der Waals surface area contributed by atoms with E-state index in [-0.39, 0.29) is 146 Å².